The van der Waals surface area contributed by atoms with Crippen molar-refractivity contribution < 1.29 is 9.90 Å². The van der Waals surface area contributed by atoms with Crippen molar-refractivity contribution >= 4 is 24.3 Å². The Kier molecular flexibility index (Phi) is 6.19. The fourth-order valence-corrected chi connectivity index (χ4v) is 1.53. The molecule has 1 unspecified atom stereocenters. The van der Waals surface area contributed by atoms with Crippen LogP contribution in [0.4, 0.5) is 0 Å². The molecule has 1 aromatic rings. The van der Waals surface area contributed by atoms with Crippen LogP contribution in [0.3, 0.4) is 0 Å². The first kappa shape index (κ1) is 16.2. The van der Waals surface area contributed by atoms with Gasteiger partial charge in [0.25, 0.3) is 0 Å². The van der Waals surface area contributed by atoms with Gasteiger partial charge in [-0.3, -0.25) is 0 Å². The standard InChI is InChI=1S/C12H17N3O2.ClH/c1-12(10(16)17,15-11(13)14)8-7-9-5-3-2-4-6-9;/h2-6H,7-8H2,1H3,(H,16,17)(H4,13,14,15);1H. The van der Waals surface area contributed by atoms with Crippen LogP contribution in [0.25, 0.3) is 0 Å². The van der Waals surface area contributed by atoms with E-state index >= 15 is 0 Å². The van der Waals surface area contributed by atoms with E-state index in [1.807, 2.05) is 30.3 Å². The van der Waals surface area contributed by atoms with Gasteiger partial charge in [-0.1, -0.05) is 30.3 Å². The number of aryl methyl sites for hydroxylation is 1. The number of hydrogen-bond donors (Lipinski definition) is 3. The zero-order valence-electron chi connectivity index (χ0n) is 10.2. The molecule has 1 rings (SSSR count). The number of aliphatic carboxylic acids is 1. The van der Waals surface area contributed by atoms with E-state index in [1.165, 1.54) is 6.92 Å². The molecule has 1 atom stereocenters. The first-order valence-corrected chi connectivity index (χ1v) is 5.32. The van der Waals surface area contributed by atoms with E-state index in [-0.39, 0.29) is 18.4 Å². The summed E-state index contributed by atoms with van der Waals surface area (Å²) in [5.74, 6) is -1.23. The molecule has 5 N–H and O–H groups in total. The van der Waals surface area contributed by atoms with Crippen LogP contribution in [0.1, 0.15) is 18.9 Å². The van der Waals surface area contributed by atoms with E-state index in [4.69, 9.17) is 16.6 Å². The molecule has 0 radical (unpaired) electrons. The molecule has 18 heavy (non-hydrogen) atoms. The van der Waals surface area contributed by atoms with Crippen molar-refractivity contribution in [2.75, 3.05) is 0 Å². The van der Waals surface area contributed by atoms with Crippen LogP contribution in [-0.4, -0.2) is 22.6 Å². The van der Waals surface area contributed by atoms with Gasteiger partial charge in [-0.25, -0.2) is 9.79 Å². The Hall–Kier alpha value is -1.75. The molecule has 0 spiro atoms. The Morgan fingerprint density at radius 3 is 2.33 bits per heavy atom. The third kappa shape index (κ3) is 4.63. The van der Waals surface area contributed by atoms with Gasteiger partial charge in [-0.15, -0.1) is 12.4 Å². The second-order valence-electron chi connectivity index (χ2n) is 4.10. The van der Waals surface area contributed by atoms with Crippen molar-refractivity contribution in [1.82, 2.24) is 0 Å². The molecule has 0 aromatic heterocycles. The number of carboxylic acids is 1. The quantitative estimate of drug-likeness (QED) is 0.552. The summed E-state index contributed by atoms with van der Waals surface area (Å²) in [6.45, 7) is 1.51. The third-order valence-electron chi connectivity index (χ3n) is 2.58. The van der Waals surface area contributed by atoms with Crippen molar-refractivity contribution in [3.8, 4) is 0 Å². The van der Waals surface area contributed by atoms with Crippen molar-refractivity contribution in [3.63, 3.8) is 0 Å². The van der Waals surface area contributed by atoms with Gasteiger partial charge in [0.05, 0.1) is 0 Å². The Labute approximate surface area is 112 Å². The monoisotopic (exact) mass is 271 g/mol. The molecule has 0 heterocycles. The predicted octanol–water partition coefficient (Wildman–Crippen LogP) is 1.16. The summed E-state index contributed by atoms with van der Waals surface area (Å²) in [4.78, 5) is 15.0. The minimum atomic E-state index is -1.27. The maximum absolute atomic E-state index is 11.2. The minimum absolute atomic E-state index is 0. The average Bonchev–Trinajstić information content (AvgIpc) is 2.27. The highest BCUT2D eigenvalue weighted by atomic mass is 35.5. The van der Waals surface area contributed by atoms with E-state index in [0.29, 0.717) is 12.8 Å². The minimum Gasteiger partial charge on any atom is -0.479 e. The molecule has 100 valence electrons. The van der Waals surface area contributed by atoms with E-state index in [1.54, 1.807) is 0 Å². The van der Waals surface area contributed by atoms with Gasteiger partial charge in [-0.05, 0) is 25.3 Å². The van der Waals surface area contributed by atoms with Crippen molar-refractivity contribution in [2.45, 2.75) is 25.3 Å². The summed E-state index contributed by atoms with van der Waals surface area (Å²) in [5.41, 5.74) is 10.3. The van der Waals surface area contributed by atoms with Crippen LogP contribution in [0.2, 0.25) is 0 Å². The lowest BCUT2D eigenvalue weighted by molar-refractivity contribution is -0.142. The Bertz CT molecular complexity index is 419. The SMILES string of the molecule is CC(CCc1ccccc1)(N=C(N)N)C(=O)O.Cl. The lowest BCUT2D eigenvalue weighted by Crippen LogP contribution is -2.38. The summed E-state index contributed by atoms with van der Waals surface area (Å²) < 4.78 is 0. The van der Waals surface area contributed by atoms with E-state index in [2.05, 4.69) is 4.99 Å². The summed E-state index contributed by atoms with van der Waals surface area (Å²) in [6.07, 6.45) is 0.963. The Morgan fingerprint density at radius 1 is 1.33 bits per heavy atom. The van der Waals surface area contributed by atoms with Crippen LogP contribution < -0.4 is 11.5 Å². The first-order valence-electron chi connectivity index (χ1n) is 5.32. The number of carboxylic acid groups (broad SMARTS) is 1. The number of nitrogens with two attached hydrogens (primary N) is 2. The lowest BCUT2D eigenvalue weighted by atomic mass is 9.94. The molecule has 0 fully saturated rings. The van der Waals surface area contributed by atoms with Crippen LogP contribution in [-0.2, 0) is 11.2 Å². The van der Waals surface area contributed by atoms with E-state index in [9.17, 15) is 4.79 Å². The molecular weight excluding hydrogens is 254 g/mol. The van der Waals surface area contributed by atoms with E-state index in [0.717, 1.165) is 5.56 Å². The van der Waals surface area contributed by atoms with Crippen LogP contribution >= 0.6 is 12.4 Å². The van der Waals surface area contributed by atoms with Crippen molar-refractivity contribution in [3.05, 3.63) is 35.9 Å². The maximum Gasteiger partial charge on any atom is 0.331 e. The fourth-order valence-electron chi connectivity index (χ4n) is 1.53. The largest absolute Gasteiger partial charge is 0.479 e. The molecule has 0 amide bonds. The van der Waals surface area contributed by atoms with Crippen LogP contribution in [0.5, 0.6) is 0 Å². The summed E-state index contributed by atoms with van der Waals surface area (Å²) in [5, 5.41) is 9.14. The normalized spacial score (nSPS) is 12.9. The molecule has 0 saturated carbocycles. The molecule has 0 aliphatic carbocycles. The summed E-state index contributed by atoms with van der Waals surface area (Å²) >= 11 is 0. The van der Waals surface area contributed by atoms with Gasteiger partial charge in [0.2, 0.25) is 0 Å². The molecule has 0 aliphatic rings. The van der Waals surface area contributed by atoms with Gasteiger partial charge in [0.1, 0.15) is 0 Å². The zero-order valence-corrected chi connectivity index (χ0v) is 11.0. The average molecular weight is 272 g/mol. The van der Waals surface area contributed by atoms with Gasteiger partial charge < -0.3 is 16.6 Å². The number of nitrogens with zero attached hydrogens (tertiary/aromatic N) is 1. The topological polar surface area (TPSA) is 102 Å². The number of halogens is 1. The number of carbonyl (C=O) groups is 1. The number of benzene rings is 1. The Morgan fingerprint density at radius 2 is 1.89 bits per heavy atom. The summed E-state index contributed by atoms with van der Waals surface area (Å²) in [7, 11) is 0. The molecule has 6 heteroatoms. The molecular formula is C12H18ClN3O2. The second kappa shape index (κ2) is 6.86. The number of aliphatic imine (C=N–C) groups is 1. The van der Waals surface area contributed by atoms with Gasteiger partial charge in [-0.2, -0.15) is 0 Å². The van der Waals surface area contributed by atoms with Crippen LogP contribution in [0, 0.1) is 0 Å². The van der Waals surface area contributed by atoms with Crippen molar-refractivity contribution in [1.29, 1.82) is 0 Å². The maximum atomic E-state index is 11.2. The molecule has 0 saturated heterocycles. The molecule has 0 aliphatic heterocycles. The Balaban J connectivity index is 0.00000289. The number of hydrogen-bond acceptors (Lipinski definition) is 2. The zero-order chi connectivity index (χ0) is 12.9. The molecule has 5 nitrogen and oxygen atoms in total. The highest BCUT2D eigenvalue weighted by molar-refractivity contribution is 5.85. The fraction of sp³-hybridized carbons (Fsp3) is 0.333. The second-order valence-corrected chi connectivity index (χ2v) is 4.10. The predicted molar refractivity (Wildman–Crippen MR) is 73.9 cm³/mol. The number of guanidine groups is 1. The smallest absolute Gasteiger partial charge is 0.331 e. The van der Waals surface area contributed by atoms with E-state index < -0.39 is 11.5 Å². The van der Waals surface area contributed by atoms with Gasteiger partial charge in [0.15, 0.2) is 11.5 Å². The summed E-state index contributed by atoms with van der Waals surface area (Å²) in [6, 6.07) is 9.62. The van der Waals surface area contributed by atoms with Gasteiger partial charge in [0, 0.05) is 0 Å². The number of rotatable bonds is 5. The highest BCUT2D eigenvalue weighted by Crippen LogP contribution is 2.19. The molecule has 1 aromatic carbocycles. The van der Waals surface area contributed by atoms with Crippen molar-refractivity contribution in [2.24, 2.45) is 16.5 Å². The molecule has 0 bridgehead atoms. The van der Waals surface area contributed by atoms with Crippen LogP contribution in [0.15, 0.2) is 35.3 Å². The lowest BCUT2D eigenvalue weighted by Gasteiger charge is -2.20. The third-order valence-corrected chi connectivity index (χ3v) is 2.58. The highest BCUT2D eigenvalue weighted by Gasteiger charge is 2.32. The van der Waals surface area contributed by atoms with Gasteiger partial charge >= 0.3 is 5.97 Å². The first-order chi connectivity index (χ1) is 7.94.